The Kier molecular flexibility index (Phi) is 10.7. The zero-order valence-electron chi connectivity index (χ0n) is 18.6. The number of carbonyl (C=O) groups is 1. The molecule has 1 aromatic carbocycles. The molecule has 0 amide bonds. The largest absolute Gasteiger partial charge is 0.393 e. The molecule has 1 aliphatic rings. The summed E-state index contributed by atoms with van der Waals surface area (Å²) in [4.78, 5) is 21.6. The Morgan fingerprint density at radius 2 is 1.84 bits per heavy atom. The number of allylic oxidation sites excluding steroid dienone is 2. The van der Waals surface area contributed by atoms with E-state index in [1.807, 2.05) is 12.2 Å². The first-order valence-corrected chi connectivity index (χ1v) is 13.6. The van der Waals surface area contributed by atoms with Crippen LogP contribution in [0.3, 0.4) is 0 Å². The minimum atomic E-state index is -2.99. The molecule has 3 N–H and O–H groups in total. The SMILES string of the molecule is CP(=O)(O)CCCC=CC[C@H]1C(=O)C[C@@H](O)[C@@H]1CC[C@@H](O)CCCc1cc(F)cc(F)c1. The molecule has 1 aromatic rings. The molecule has 2 rings (SSSR count). The Bertz CT molecular complexity index is 802. The fourth-order valence-electron chi connectivity index (χ4n) is 4.41. The number of unbranched alkanes of at least 4 members (excludes halogenated alkanes) is 1. The van der Waals surface area contributed by atoms with E-state index in [1.165, 1.54) is 18.8 Å². The number of aliphatic hydroxyl groups is 2. The second kappa shape index (κ2) is 12.7. The average Bonchev–Trinajstić information content (AvgIpc) is 2.94. The lowest BCUT2D eigenvalue weighted by molar-refractivity contribution is -0.121. The van der Waals surface area contributed by atoms with Gasteiger partial charge in [-0.1, -0.05) is 12.2 Å². The van der Waals surface area contributed by atoms with E-state index in [0.29, 0.717) is 56.9 Å². The van der Waals surface area contributed by atoms with Crippen molar-refractivity contribution in [3.63, 3.8) is 0 Å². The number of Topliss-reactive ketones (excluding diaryl/α,β-unsaturated/α-hetero) is 1. The summed E-state index contributed by atoms with van der Waals surface area (Å²) in [6.45, 7) is 1.34. The molecule has 8 heteroatoms. The molecule has 1 saturated carbocycles. The van der Waals surface area contributed by atoms with E-state index in [1.54, 1.807) is 0 Å². The van der Waals surface area contributed by atoms with Gasteiger partial charge in [0.05, 0.1) is 12.2 Å². The number of aryl methyl sites for hydroxylation is 1. The van der Waals surface area contributed by atoms with Crippen LogP contribution in [0.1, 0.15) is 56.9 Å². The van der Waals surface area contributed by atoms with E-state index in [-0.39, 0.29) is 30.2 Å². The fraction of sp³-hybridized carbons (Fsp3) is 0.625. The highest BCUT2D eigenvalue weighted by Crippen LogP contribution is 2.37. The van der Waals surface area contributed by atoms with E-state index in [0.717, 1.165) is 6.07 Å². The van der Waals surface area contributed by atoms with Crippen molar-refractivity contribution in [1.82, 2.24) is 0 Å². The van der Waals surface area contributed by atoms with Crippen LogP contribution in [0, 0.1) is 23.5 Å². The lowest BCUT2D eigenvalue weighted by atomic mass is 9.86. The third-order valence-electron chi connectivity index (χ3n) is 6.09. The maximum Gasteiger partial charge on any atom is 0.197 e. The maximum atomic E-state index is 13.2. The molecule has 5 atom stereocenters. The lowest BCUT2D eigenvalue weighted by Gasteiger charge is -2.21. The Labute approximate surface area is 189 Å². The molecule has 1 unspecified atom stereocenters. The van der Waals surface area contributed by atoms with Gasteiger partial charge in [-0.15, -0.1) is 0 Å². The van der Waals surface area contributed by atoms with E-state index in [9.17, 15) is 33.2 Å². The van der Waals surface area contributed by atoms with Gasteiger partial charge in [0.1, 0.15) is 17.4 Å². The fourth-order valence-corrected chi connectivity index (χ4v) is 5.17. The van der Waals surface area contributed by atoms with E-state index < -0.39 is 31.2 Å². The standard InChI is InChI=1S/C24H35F2O5P/c1-32(30,31)12-5-3-2-4-9-21-22(24(29)16-23(21)28)11-10-20(27)8-6-7-17-13-18(25)15-19(26)14-17/h2,4,13-15,20-22,24,27,29H,3,5-12,16H2,1H3,(H,30,31)/t20-,21+,22+,24+/m0/s1. The highest BCUT2D eigenvalue weighted by molar-refractivity contribution is 7.57. The number of benzene rings is 1. The van der Waals surface area contributed by atoms with Crippen LogP contribution < -0.4 is 0 Å². The van der Waals surface area contributed by atoms with Crippen molar-refractivity contribution in [3.05, 3.63) is 47.5 Å². The topological polar surface area (TPSA) is 94.8 Å². The molecule has 1 fully saturated rings. The van der Waals surface area contributed by atoms with Crippen molar-refractivity contribution in [1.29, 1.82) is 0 Å². The molecule has 32 heavy (non-hydrogen) atoms. The number of hydrogen-bond donors (Lipinski definition) is 3. The summed E-state index contributed by atoms with van der Waals surface area (Å²) in [6.07, 6.45) is 7.22. The quantitative estimate of drug-likeness (QED) is 0.221. The molecular formula is C24H35F2O5P. The van der Waals surface area contributed by atoms with Crippen LogP contribution in [0.15, 0.2) is 30.4 Å². The molecule has 0 aromatic heterocycles. The Morgan fingerprint density at radius 3 is 2.50 bits per heavy atom. The minimum absolute atomic E-state index is 0.0307. The molecule has 0 heterocycles. The highest BCUT2D eigenvalue weighted by atomic mass is 31.2. The molecule has 0 saturated heterocycles. The van der Waals surface area contributed by atoms with Crippen LogP contribution in [0.4, 0.5) is 8.78 Å². The molecule has 0 bridgehead atoms. The van der Waals surface area contributed by atoms with Gasteiger partial charge in [-0.3, -0.25) is 9.36 Å². The van der Waals surface area contributed by atoms with Crippen molar-refractivity contribution in [2.24, 2.45) is 11.8 Å². The molecule has 0 spiro atoms. The molecule has 1 aliphatic carbocycles. The summed E-state index contributed by atoms with van der Waals surface area (Å²) in [6, 6.07) is 3.41. The molecular weight excluding hydrogens is 437 g/mol. The summed E-state index contributed by atoms with van der Waals surface area (Å²) in [7, 11) is -2.99. The third-order valence-corrected chi connectivity index (χ3v) is 7.24. The van der Waals surface area contributed by atoms with Gasteiger partial charge in [0.2, 0.25) is 0 Å². The zero-order chi connectivity index (χ0) is 23.7. The molecule has 0 radical (unpaired) electrons. The Hall–Kier alpha value is -1.40. The summed E-state index contributed by atoms with van der Waals surface area (Å²) >= 11 is 0. The third kappa shape index (κ3) is 9.62. The summed E-state index contributed by atoms with van der Waals surface area (Å²) in [5.74, 6) is -1.67. The normalized spacial score (nSPS) is 24.2. The van der Waals surface area contributed by atoms with Gasteiger partial charge in [0, 0.05) is 31.2 Å². The first-order chi connectivity index (χ1) is 15.0. The number of ketones is 1. The van der Waals surface area contributed by atoms with Crippen molar-refractivity contribution >= 4 is 13.2 Å². The number of halogens is 2. The first-order valence-electron chi connectivity index (χ1n) is 11.3. The monoisotopic (exact) mass is 472 g/mol. The number of aliphatic hydroxyl groups excluding tert-OH is 2. The van der Waals surface area contributed by atoms with Crippen molar-refractivity contribution in [2.45, 2.75) is 70.0 Å². The Balaban J connectivity index is 1.74. The summed E-state index contributed by atoms with van der Waals surface area (Å²) in [5, 5.41) is 20.6. The number of rotatable bonds is 13. The summed E-state index contributed by atoms with van der Waals surface area (Å²) < 4.78 is 37.8. The van der Waals surface area contributed by atoms with Crippen molar-refractivity contribution < 1.29 is 33.2 Å². The number of hydrogen-bond acceptors (Lipinski definition) is 4. The van der Waals surface area contributed by atoms with Gasteiger partial charge in [-0.25, -0.2) is 8.78 Å². The van der Waals surface area contributed by atoms with Gasteiger partial charge in [0.15, 0.2) is 7.37 Å². The minimum Gasteiger partial charge on any atom is -0.393 e. The maximum absolute atomic E-state index is 13.2. The van der Waals surface area contributed by atoms with Crippen LogP contribution in [0.25, 0.3) is 0 Å². The van der Waals surface area contributed by atoms with Crippen molar-refractivity contribution in [2.75, 3.05) is 12.8 Å². The number of carbonyl (C=O) groups excluding carboxylic acids is 1. The predicted molar refractivity (Wildman–Crippen MR) is 121 cm³/mol. The zero-order valence-corrected chi connectivity index (χ0v) is 19.5. The van der Waals surface area contributed by atoms with Crippen LogP contribution in [-0.2, 0) is 15.8 Å². The van der Waals surface area contributed by atoms with Crippen LogP contribution >= 0.6 is 7.37 Å². The van der Waals surface area contributed by atoms with Gasteiger partial charge < -0.3 is 15.1 Å². The van der Waals surface area contributed by atoms with Gasteiger partial charge >= 0.3 is 0 Å². The average molecular weight is 473 g/mol. The summed E-state index contributed by atoms with van der Waals surface area (Å²) in [5.41, 5.74) is 0.555. The van der Waals surface area contributed by atoms with Gasteiger partial charge in [0.25, 0.3) is 0 Å². The van der Waals surface area contributed by atoms with Gasteiger partial charge in [-0.2, -0.15) is 0 Å². The van der Waals surface area contributed by atoms with E-state index in [4.69, 9.17) is 0 Å². The molecule has 180 valence electrons. The Morgan fingerprint density at radius 1 is 1.16 bits per heavy atom. The lowest BCUT2D eigenvalue weighted by Crippen LogP contribution is -2.22. The molecule has 0 aliphatic heterocycles. The van der Waals surface area contributed by atoms with Crippen LogP contribution in [0.5, 0.6) is 0 Å². The predicted octanol–water partition coefficient (Wildman–Crippen LogP) is 4.62. The van der Waals surface area contributed by atoms with E-state index in [2.05, 4.69) is 0 Å². The van der Waals surface area contributed by atoms with Gasteiger partial charge in [-0.05, 0) is 75.0 Å². The van der Waals surface area contributed by atoms with Crippen molar-refractivity contribution in [3.8, 4) is 0 Å². The van der Waals surface area contributed by atoms with E-state index >= 15 is 0 Å². The van der Waals surface area contributed by atoms with Crippen LogP contribution in [0.2, 0.25) is 0 Å². The smallest absolute Gasteiger partial charge is 0.197 e. The second-order valence-electron chi connectivity index (χ2n) is 9.03. The first kappa shape index (κ1) is 26.8. The molecule has 5 nitrogen and oxygen atoms in total. The second-order valence-corrected chi connectivity index (χ2v) is 11.6. The highest BCUT2D eigenvalue weighted by Gasteiger charge is 2.40. The van der Waals surface area contributed by atoms with Crippen LogP contribution in [-0.4, -0.2) is 45.9 Å².